The Morgan fingerprint density at radius 1 is 1.16 bits per heavy atom. The lowest BCUT2D eigenvalue weighted by molar-refractivity contribution is 0.171. The number of ether oxygens (including phenoxy) is 2. The minimum Gasteiger partial charge on any atom is -0.486 e. The van der Waals surface area contributed by atoms with Gasteiger partial charge in [0.25, 0.3) is 0 Å². The van der Waals surface area contributed by atoms with Gasteiger partial charge in [0.2, 0.25) is 5.89 Å². The van der Waals surface area contributed by atoms with Gasteiger partial charge in [0.15, 0.2) is 11.5 Å². The monoisotopic (exact) mass is 262 g/mol. The lowest BCUT2D eigenvalue weighted by Gasteiger charge is -2.18. The van der Waals surface area contributed by atoms with Gasteiger partial charge in [-0.2, -0.15) is 0 Å². The summed E-state index contributed by atoms with van der Waals surface area (Å²) in [6.07, 6.45) is 0.565. The van der Waals surface area contributed by atoms with Crippen LogP contribution in [0, 0.1) is 0 Å². The van der Waals surface area contributed by atoms with Crippen molar-refractivity contribution in [3.8, 4) is 11.5 Å². The normalized spacial score (nSPS) is 13.3. The smallest absolute Gasteiger partial charge is 0.320 e. The SMILES string of the molecule is NCCc1nnc(Nc2ccc3c(c2)OCCO3)o1. The van der Waals surface area contributed by atoms with Crippen LogP contribution in [0.15, 0.2) is 22.6 Å². The van der Waals surface area contributed by atoms with Crippen molar-refractivity contribution in [2.24, 2.45) is 5.73 Å². The van der Waals surface area contributed by atoms with Crippen LogP contribution in [-0.2, 0) is 6.42 Å². The molecule has 0 radical (unpaired) electrons. The predicted octanol–water partition coefficient (Wildman–Crippen LogP) is 1.09. The number of hydrogen-bond donors (Lipinski definition) is 2. The Balaban J connectivity index is 1.75. The molecule has 0 saturated heterocycles. The molecular formula is C12H14N4O3. The highest BCUT2D eigenvalue weighted by molar-refractivity contribution is 5.59. The van der Waals surface area contributed by atoms with E-state index in [1.54, 1.807) is 0 Å². The molecule has 19 heavy (non-hydrogen) atoms. The molecule has 100 valence electrons. The van der Waals surface area contributed by atoms with E-state index in [0.717, 1.165) is 11.4 Å². The Kier molecular flexibility index (Phi) is 3.20. The molecule has 0 fully saturated rings. The fraction of sp³-hybridized carbons (Fsp3) is 0.333. The minimum atomic E-state index is 0.333. The van der Waals surface area contributed by atoms with Crippen LogP contribution in [0.25, 0.3) is 0 Å². The molecule has 0 bridgehead atoms. The van der Waals surface area contributed by atoms with E-state index in [1.165, 1.54) is 0 Å². The highest BCUT2D eigenvalue weighted by atomic mass is 16.6. The first-order chi connectivity index (χ1) is 9.35. The summed E-state index contributed by atoms with van der Waals surface area (Å²) >= 11 is 0. The van der Waals surface area contributed by atoms with Crippen molar-refractivity contribution in [3.05, 3.63) is 24.1 Å². The van der Waals surface area contributed by atoms with Crippen LogP contribution < -0.4 is 20.5 Å². The summed E-state index contributed by atoms with van der Waals surface area (Å²) in [5, 5.41) is 10.8. The number of aromatic nitrogens is 2. The highest BCUT2D eigenvalue weighted by Gasteiger charge is 2.13. The lowest BCUT2D eigenvalue weighted by Crippen LogP contribution is -2.15. The number of hydrogen-bond acceptors (Lipinski definition) is 7. The van der Waals surface area contributed by atoms with Gasteiger partial charge < -0.3 is 24.9 Å². The zero-order valence-electron chi connectivity index (χ0n) is 10.3. The van der Waals surface area contributed by atoms with Crippen molar-refractivity contribution in [2.45, 2.75) is 6.42 Å². The number of benzene rings is 1. The topological polar surface area (TPSA) is 95.4 Å². The zero-order chi connectivity index (χ0) is 13.1. The first-order valence-electron chi connectivity index (χ1n) is 6.04. The summed E-state index contributed by atoms with van der Waals surface area (Å²) in [7, 11) is 0. The molecule has 2 aromatic rings. The summed E-state index contributed by atoms with van der Waals surface area (Å²) in [5.41, 5.74) is 6.22. The van der Waals surface area contributed by atoms with Crippen LogP contribution in [0.1, 0.15) is 5.89 Å². The van der Waals surface area contributed by atoms with Crippen LogP contribution in [0.5, 0.6) is 11.5 Å². The van der Waals surface area contributed by atoms with Gasteiger partial charge in [-0.15, -0.1) is 5.10 Å². The molecule has 3 N–H and O–H groups in total. The van der Waals surface area contributed by atoms with E-state index in [9.17, 15) is 0 Å². The molecule has 0 saturated carbocycles. The van der Waals surface area contributed by atoms with Gasteiger partial charge in [-0.25, -0.2) is 0 Å². The van der Waals surface area contributed by atoms with Gasteiger partial charge in [0.05, 0.1) is 0 Å². The maximum absolute atomic E-state index is 5.50. The molecule has 1 aliphatic rings. The highest BCUT2D eigenvalue weighted by Crippen LogP contribution is 2.33. The Morgan fingerprint density at radius 2 is 2.00 bits per heavy atom. The Hall–Kier alpha value is -2.28. The molecule has 0 spiro atoms. The maximum Gasteiger partial charge on any atom is 0.320 e. The first-order valence-corrected chi connectivity index (χ1v) is 6.04. The van der Waals surface area contributed by atoms with Gasteiger partial charge in [0, 0.05) is 24.7 Å². The molecule has 0 unspecified atom stereocenters. The molecule has 2 heterocycles. The van der Waals surface area contributed by atoms with E-state index in [-0.39, 0.29) is 0 Å². The van der Waals surface area contributed by atoms with Crippen molar-refractivity contribution in [2.75, 3.05) is 25.1 Å². The fourth-order valence-corrected chi connectivity index (χ4v) is 1.77. The van der Waals surface area contributed by atoms with E-state index in [0.29, 0.717) is 43.8 Å². The largest absolute Gasteiger partial charge is 0.486 e. The predicted molar refractivity (Wildman–Crippen MR) is 67.8 cm³/mol. The van der Waals surface area contributed by atoms with Gasteiger partial charge in [-0.3, -0.25) is 0 Å². The second-order valence-electron chi connectivity index (χ2n) is 4.02. The van der Waals surface area contributed by atoms with Crippen molar-refractivity contribution in [1.29, 1.82) is 0 Å². The van der Waals surface area contributed by atoms with Gasteiger partial charge in [-0.1, -0.05) is 5.10 Å². The average Bonchev–Trinajstić information content (AvgIpc) is 2.86. The van der Waals surface area contributed by atoms with Gasteiger partial charge in [0.1, 0.15) is 13.2 Å². The number of fused-ring (bicyclic) bond motifs is 1. The van der Waals surface area contributed by atoms with E-state index in [2.05, 4.69) is 15.5 Å². The molecule has 0 atom stereocenters. The minimum absolute atomic E-state index is 0.333. The number of rotatable bonds is 4. The van der Waals surface area contributed by atoms with Crippen molar-refractivity contribution < 1.29 is 13.9 Å². The average molecular weight is 262 g/mol. The van der Waals surface area contributed by atoms with E-state index >= 15 is 0 Å². The summed E-state index contributed by atoms with van der Waals surface area (Å²) in [6.45, 7) is 1.61. The molecule has 1 aliphatic heterocycles. The Labute approximate surface area is 109 Å². The van der Waals surface area contributed by atoms with Crippen LogP contribution >= 0.6 is 0 Å². The van der Waals surface area contributed by atoms with Gasteiger partial charge in [-0.05, 0) is 12.1 Å². The zero-order valence-corrected chi connectivity index (χ0v) is 10.3. The summed E-state index contributed by atoms with van der Waals surface area (Å²) in [6, 6.07) is 5.87. The number of nitrogens with one attached hydrogen (secondary N) is 1. The van der Waals surface area contributed by atoms with Crippen LogP contribution in [0.2, 0.25) is 0 Å². The number of nitrogens with two attached hydrogens (primary N) is 1. The van der Waals surface area contributed by atoms with E-state index < -0.39 is 0 Å². The lowest BCUT2D eigenvalue weighted by atomic mass is 10.2. The standard InChI is InChI=1S/C12H14N4O3/c13-4-3-11-15-16-12(19-11)14-8-1-2-9-10(7-8)18-6-5-17-9/h1-2,7H,3-6,13H2,(H,14,16). The Morgan fingerprint density at radius 3 is 2.84 bits per heavy atom. The maximum atomic E-state index is 5.50. The number of nitrogens with zero attached hydrogens (tertiary/aromatic N) is 2. The van der Waals surface area contributed by atoms with Crippen molar-refractivity contribution in [3.63, 3.8) is 0 Å². The molecule has 1 aromatic carbocycles. The van der Waals surface area contributed by atoms with Crippen LogP contribution in [0.3, 0.4) is 0 Å². The second-order valence-corrected chi connectivity index (χ2v) is 4.02. The summed E-state index contributed by atoms with van der Waals surface area (Å²) < 4.78 is 16.3. The summed E-state index contributed by atoms with van der Waals surface area (Å²) in [4.78, 5) is 0. The molecular weight excluding hydrogens is 248 g/mol. The Bertz CT molecular complexity index is 570. The van der Waals surface area contributed by atoms with Gasteiger partial charge >= 0.3 is 6.01 Å². The third-order valence-corrected chi connectivity index (χ3v) is 2.62. The molecule has 1 aromatic heterocycles. The molecule has 7 nitrogen and oxygen atoms in total. The first kappa shape index (κ1) is 11.8. The van der Waals surface area contributed by atoms with Crippen molar-refractivity contribution >= 4 is 11.7 Å². The molecule has 0 aliphatic carbocycles. The second kappa shape index (κ2) is 5.15. The quantitative estimate of drug-likeness (QED) is 0.851. The van der Waals surface area contributed by atoms with E-state index in [4.69, 9.17) is 19.6 Å². The third-order valence-electron chi connectivity index (χ3n) is 2.62. The van der Waals surface area contributed by atoms with Crippen LogP contribution in [0.4, 0.5) is 11.7 Å². The van der Waals surface area contributed by atoms with E-state index in [1.807, 2.05) is 18.2 Å². The third kappa shape index (κ3) is 2.60. The van der Waals surface area contributed by atoms with Crippen LogP contribution in [-0.4, -0.2) is 30.0 Å². The fourth-order valence-electron chi connectivity index (χ4n) is 1.77. The molecule has 7 heteroatoms. The number of anilines is 2. The molecule has 0 amide bonds. The van der Waals surface area contributed by atoms with Crippen molar-refractivity contribution in [1.82, 2.24) is 10.2 Å². The summed E-state index contributed by atoms with van der Waals surface area (Å²) in [5.74, 6) is 1.96. The molecule has 3 rings (SSSR count).